The number of carbonyl (C=O) groups is 1. The zero-order valence-corrected chi connectivity index (χ0v) is 19.1. The Hall–Kier alpha value is -2.33. The number of anilines is 1. The second-order valence-corrected chi connectivity index (χ2v) is 8.73. The van der Waals surface area contributed by atoms with Crippen LogP contribution in [0.2, 0.25) is 0 Å². The third kappa shape index (κ3) is 5.85. The van der Waals surface area contributed by atoms with Gasteiger partial charge in [-0.3, -0.25) is 9.69 Å². The summed E-state index contributed by atoms with van der Waals surface area (Å²) in [5, 5.41) is 0. The Bertz CT molecular complexity index is 792. The summed E-state index contributed by atoms with van der Waals surface area (Å²) in [4.78, 5) is 19.5. The van der Waals surface area contributed by atoms with E-state index in [9.17, 15) is 4.79 Å². The summed E-state index contributed by atoms with van der Waals surface area (Å²) in [5.74, 6) is 0.0675. The maximum atomic E-state index is 12.9. The van der Waals surface area contributed by atoms with E-state index in [1.807, 2.05) is 19.2 Å². The molecule has 1 fully saturated rings. The highest BCUT2D eigenvalue weighted by molar-refractivity contribution is 5.94. The molecule has 4 heteroatoms. The first-order valence-corrected chi connectivity index (χ1v) is 11.4. The first-order chi connectivity index (χ1) is 14.5. The summed E-state index contributed by atoms with van der Waals surface area (Å²) in [6.07, 6.45) is 3.91. The van der Waals surface area contributed by atoms with Crippen LogP contribution >= 0.6 is 0 Å². The van der Waals surface area contributed by atoms with Crippen molar-refractivity contribution < 1.29 is 4.79 Å². The number of hydrogen-bond donors (Lipinski definition) is 0. The van der Waals surface area contributed by atoms with E-state index in [4.69, 9.17) is 0 Å². The molecule has 4 nitrogen and oxygen atoms in total. The smallest absolute Gasteiger partial charge is 0.253 e. The van der Waals surface area contributed by atoms with Gasteiger partial charge >= 0.3 is 0 Å². The second-order valence-electron chi connectivity index (χ2n) is 8.73. The lowest BCUT2D eigenvalue weighted by Crippen LogP contribution is -2.30. The Labute approximate surface area is 182 Å². The minimum Gasteiger partial charge on any atom is -0.372 e. The molecule has 0 radical (unpaired) electrons. The molecule has 1 amide bonds. The number of rotatable bonds is 8. The van der Waals surface area contributed by atoms with Crippen molar-refractivity contribution in [3.63, 3.8) is 0 Å². The van der Waals surface area contributed by atoms with Crippen LogP contribution in [0.3, 0.4) is 0 Å². The van der Waals surface area contributed by atoms with E-state index in [-0.39, 0.29) is 5.91 Å². The van der Waals surface area contributed by atoms with Gasteiger partial charge in [0.25, 0.3) is 5.91 Å². The van der Waals surface area contributed by atoms with Crippen LogP contribution in [0.15, 0.2) is 48.5 Å². The molecule has 1 saturated heterocycles. The molecular weight excluding hydrogens is 370 g/mol. The number of benzene rings is 2. The molecule has 30 heavy (non-hydrogen) atoms. The molecule has 0 aromatic heterocycles. The molecule has 3 rings (SSSR count). The number of hydrogen-bond acceptors (Lipinski definition) is 3. The van der Waals surface area contributed by atoms with Crippen molar-refractivity contribution in [1.29, 1.82) is 0 Å². The average molecular weight is 408 g/mol. The Kier molecular flexibility index (Phi) is 7.92. The van der Waals surface area contributed by atoms with Crippen molar-refractivity contribution in [3.8, 4) is 0 Å². The van der Waals surface area contributed by atoms with Gasteiger partial charge in [0, 0.05) is 50.5 Å². The largest absolute Gasteiger partial charge is 0.372 e. The number of nitrogens with zero attached hydrogens (tertiary/aromatic N) is 3. The van der Waals surface area contributed by atoms with Crippen LogP contribution in [-0.2, 0) is 13.1 Å². The summed E-state index contributed by atoms with van der Waals surface area (Å²) in [6, 6.07) is 17.3. The van der Waals surface area contributed by atoms with Gasteiger partial charge in [-0.15, -0.1) is 0 Å². The molecule has 1 heterocycles. The number of amides is 1. The van der Waals surface area contributed by atoms with E-state index < -0.39 is 0 Å². The lowest BCUT2D eigenvalue weighted by atomic mass is 10.1. The molecule has 1 aliphatic rings. The maximum Gasteiger partial charge on any atom is 0.253 e. The standard InChI is InChI=1S/C26H37N3O/c1-5-28(21(2)3)20-23-9-13-24(14-10-23)26(30)27(4)19-22-11-15-25(16-12-22)29-17-7-6-8-18-29/h9-16,21H,5-8,17-20H2,1-4H3. The molecule has 2 aromatic carbocycles. The molecule has 0 atom stereocenters. The average Bonchev–Trinajstić information content (AvgIpc) is 2.78. The lowest BCUT2D eigenvalue weighted by Gasteiger charge is -2.29. The molecule has 162 valence electrons. The van der Waals surface area contributed by atoms with Crippen molar-refractivity contribution in [3.05, 3.63) is 65.2 Å². The van der Waals surface area contributed by atoms with Gasteiger partial charge in [-0.05, 0) is 75.0 Å². The molecule has 1 aliphatic heterocycles. The maximum absolute atomic E-state index is 12.9. The van der Waals surface area contributed by atoms with Crippen LogP contribution in [-0.4, -0.2) is 48.4 Å². The summed E-state index contributed by atoms with van der Waals surface area (Å²) in [7, 11) is 1.88. The normalized spacial score (nSPS) is 14.4. The first kappa shape index (κ1) is 22.4. The van der Waals surface area contributed by atoms with Crippen LogP contribution < -0.4 is 4.90 Å². The fourth-order valence-corrected chi connectivity index (χ4v) is 4.18. The molecule has 2 aromatic rings. The van der Waals surface area contributed by atoms with Crippen molar-refractivity contribution in [2.45, 2.75) is 59.2 Å². The zero-order chi connectivity index (χ0) is 21.5. The van der Waals surface area contributed by atoms with Crippen LogP contribution in [0, 0.1) is 0 Å². The highest BCUT2D eigenvalue weighted by atomic mass is 16.2. The monoisotopic (exact) mass is 407 g/mol. The van der Waals surface area contributed by atoms with Crippen LogP contribution in [0.25, 0.3) is 0 Å². The summed E-state index contributed by atoms with van der Waals surface area (Å²) in [6.45, 7) is 11.5. The van der Waals surface area contributed by atoms with Crippen molar-refractivity contribution in [2.24, 2.45) is 0 Å². The summed E-state index contributed by atoms with van der Waals surface area (Å²) >= 11 is 0. The van der Waals surface area contributed by atoms with E-state index in [1.165, 1.54) is 36.1 Å². The summed E-state index contributed by atoms with van der Waals surface area (Å²) in [5.41, 5.74) is 4.46. The predicted octanol–water partition coefficient (Wildman–Crippen LogP) is 5.18. The van der Waals surface area contributed by atoms with Crippen molar-refractivity contribution >= 4 is 11.6 Å². The SMILES string of the molecule is CCN(Cc1ccc(C(=O)N(C)Cc2ccc(N3CCCCC3)cc2)cc1)C(C)C. The third-order valence-electron chi connectivity index (χ3n) is 6.15. The van der Waals surface area contributed by atoms with Crippen molar-refractivity contribution in [2.75, 3.05) is 31.6 Å². The first-order valence-electron chi connectivity index (χ1n) is 11.4. The molecule has 0 spiro atoms. The zero-order valence-electron chi connectivity index (χ0n) is 19.1. The topological polar surface area (TPSA) is 26.8 Å². The Balaban J connectivity index is 1.57. The third-order valence-corrected chi connectivity index (χ3v) is 6.15. The lowest BCUT2D eigenvalue weighted by molar-refractivity contribution is 0.0785. The van der Waals surface area contributed by atoms with Crippen LogP contribution in [0.4, 0.5) is 5.69 Å². The quantitative estimate of drug-likeness (QED) is 0.603. The Morgan fingerprint density at radius 3 is 2.03 bits per heavy atom. The van der Waals surface area contributed by atoms with Gasteiger partial charge in [0.1, 0.15) is 0 Å². The fourth-order valence-electron chi connectivity index (χ4n) is 4.18. The molecule has 0 N–H and O–H groups in total. The van der Waals surface area contributed by atoms with Crippen molar-refractivity contribution in [1.82, 2.24) is 9.80 Å². The molecule has 0 unspecified atom stereocenters. The van der Waals surface area contributed by atoms with E-state index in [0.29, 0.717) is 12.6 Å². The van der Waals surface area contributed by atoms with Crippen LogP contribution in [0.5, 0.6) is 0 Å². The van der Waals surface area contributed by atoms with E-state index in [2.05, 4.69) is 67.0 Å². The van der Waals surface area contributed by atoms with Crippen LogP contribution in [0.1, 0.15) is 61.5 Å². The molecule has 0 saturated carbocycles. The van der Waals surface area contributed by atoms with Gasteiger partial charge in [-0.25, -0.2) is 0 Å². The van der Waals surface area contributed by atoms with Gasteiger partial charge in [-0.1, -0.05) is 31.2 Å². The van der Waals surface area contributed by atoms with Gasteiger partial charge in [0.05, 0.1) is 0 Å². The molecule has 0 aliphatic carbocycles. The van der Waals surface area contributed by atoms with Gasteiger partial charge in [0.15, 0.2) is 0 Å². The van der Waals surface area contributed by atoms with E-state index >= 15 is 0 Å². The number of carbonyl (C=O) groups excluding carboxylic acids is 1. The van der Waals surface area contributed by atoms with Gasteiger partial charge < -0.3 is 9.80 Å². The Morgan fingerprint density at radius 1 is 0.900 bits per heavy atom. The minimum atomic E-state index is 0.0675. The molecular formula is C26H37N3O. The summed E-state index contributed by atoms with van der Waals surface area (Å²) < 4.78 is 0. The van der Waals surface area contributed by atoms with Gasteiger partial charge in [0.2, 0.25) is 0 Å². The number of piperidine rings is 1. The second kappa shape index (κ2) is 10.6. The van der Waals surface area contributed by atoms with Gasteiger partial charge in [-0.2, -0.15) is 0 Å². The van der Waals surface area contributed by atoms with E-state index in [0.717, 1.165) is 31.7 Å². The highest BCUT2D eigenvalue weighted by Gasteiger charge is 2.14. The van der Waals surface area contributed by atoms with E-state index in [1.54, 1.807) is 4.90 Å². The minimum absolute atomic E-state index is 0.0675. The highest BCUT2D eigenvalue weighted by Crippen LogP contribution is 2.21. The fraction of sp³-hybridized carbons (Fsp3) is 0.500. The Morgan fingerprint density at radius 2 is 1.47 bits per heavy atom. The molecule has 0 bridgehead atoms. The predicted molar refractivity (Wildman–Crippen MR) is 126 cm³/mol.